The van der Waals surface area contributed by atoms with E-state index in [1.54, 1.807) is 24.3 Å². The molecule has 0 saturated carbocycles. The van der Waals surface area contributed by atoms with Crippen molar-refractivity contribution in [3.63, 3.8) is 0 Å². The maximum atomic E-state index is 11.8. The molecule has 21 heavy (non-hydrogen) atoms. The number of phenolic OH excluding ortho intramolecular Hbond substituents is 1. The number of hydrogen-bond donors (Lipinski definition) is 3. The van der Waals surface area contributed by atoms with Gasteiger partial charge in [-0.2, -0.15) is 0 Å². The van der Waals surface area contributed by atoms with E-state index in [0.29, 0.717) is 0 Å². The molecule has 3 N–H and O–H groups in total. The van der Waals surface area contributed by atoms with Gasteiger partial charge in [0.15, 0.2) is 5.76 Å². The highest BCUT2D eigenvalue weighted by Crippen LogP contribution is 2.17. The summed E-state index contributed by atoms with van der Waals surface area (Å²) < 4.78 is 4.94. The number of aryl methyl sites for hydroxylation is 1. The van der Waals surface area contributed by atoms with Crippen LogP contribution in [0.25, 0.3) is 0 Å². The molecule has 1 aromatic carbocycles. The van der Waals surface area contributed by atoms with Crippen LogP contribution in [0, 0.1) is 6.92 Å². The molecule has 2 amide bonds. The first-order valence-corrected chi connectivity index (χ1v) is 6.47. The van der Waals surface area contributed by atoms with Crippen LogP contribution < -0.4 is 10.6 Å². The number of carbonyl (C=O) groups is 2. The first kappa shape index (κ1) is 14.6. The molecule has 0 fully saturated rings. The van der Waals surface area contributed by atoms with Crippen LogP contribution in [0.2, 0.25) is 0 Å². The minimum absolute atomic E-state index is 0.0629. The summed E-state index contributed by atoms with van der Waals surface area (Å²) in [6.07, 6.45) is 1.41. The van der Waals surface area contributed by atoms with Crippen LogP contribution in [0.5, 0.6) is 5.75 Å². The molecule has 0 aliphatic carbocycles. The Morgan fingerprint density at radius 3 is 2.48 bits per heavy atom. The minimum Gasteiger partial charge on any atom is -0.507 e. The van der Waals surface area contributed by atoms with Crippen molar-refractivity contribution in [1.29, 1.82) is 0 Å². The number of rotatable bonds is 5. The summed E-state index contributed by atoms with van der Waals surface area (Å²) in [6.45, 7) is 2.34. The van der Waals surface area contributed by atoms with Crippen LogP contribution in [-0.4, -0.2) is 30.0 Å². The fraction of sp³-hybridized carbons (Fsp3) is 0.200. The molecule has 0 atom stereocenters. The third kappa shape index (κ3) is 3.85. The lowest BCUT2D eigenvalue weighted by Crippen LogP contribution is -2.34. The van der Waals surface area contributed by atoms with E-state index >= 15 is 0 Å². The molecule has 0 radical (unpaired) electrons. The summed E-state index contributed by atoms with van der Waals surface area (Å²) in [4.78, 5) is 23.4. The van der Waals surface area contributed by atoms with Gasteiger partial charge in [0.25, 0.3) is 11.8 Å². The number of hydrogen-bond acceptors (Lipinski definition) is 4. The second-order valence-electron chi connectivity index (χ2n) is 4.51. The van der Waals surface area contributed by atoms with Gasteiger partial charge in [-0.25, -0.2) is 0 Å². The highest BCUT2D eigenvalue weighted by atomic mass is 16.3. The van der Waals surface area contributed by atoms with Gasteiger partial charge in [-0.1, -0.05) is 6.07 Å². The number of benzene rings is 1. The Bertz CT molecular complexity index is 635. The number of nitrogens with one attached hydrogen (secondary N) is 2. The SMILES string of the molecule is Cc1ccc(C(=O)NCCNC(=O)c2ccco2)c(O)c1. The topological polar surface area (TPSA) is 91.6 Å². The molecule has 0 saturated heterocycles. The van der Waals surface area contributed by atoms with Gasteiger partial charge in [0.05, 0.1) is 11.8 Å². The predicted octanol–water partition coefficient (Wildman–Crippen LogP) is 1.45. The number of amides is 2. The van der Waals surface area contributed by atoms with Crippen molar-refractivity contribution in [2.45, 2.75) is 6.92 Å². The maximum absolute atomic E-state index is 11.8. The first-order valence-electron chi connectivity index (χ1n) is 6.47. The van der Waals surface area contributed by atoms with Crippen molar-refractivity contribution >= 4 is 11.8 Å². The van der Waals surface area contributed by atoms with Crippen LogP contribution in [0.4, 0.5) is 0 Å². The standard InChI is InChI=1S/C15H16N2O4/c1-10-4-5-11(12(18)9-10)14(19)16-6-7-17-15(20)13-3-2-8-21-13/h2-5,8-9,18H,6-7H2,1H3,(H,16,19)(H,17,20). The van der Waals surface area contributed by atoms with Gasteiger partial charge in [0.1, 0.15) is 5.75 Å². The molecule has 2 rings (SSSR count). The lowest BCUT2D eigenvalue weighted by atomic mass is 10.1. The molecule has 1 heterocycles. The van der Waals surface area contributed by atoms with E-state index in [1.165, 1.54) is 12.3 Å². The largest absolute Gasteiger partial charge is 0.507 e. The molecule has 110 valence electrons. The summed E-state index contributed by atoms with van der Waals surface area (Å²) >= 11 is 0. The van der Waals surface area contributed by atoms with Crippen LogP contribution in [-0.2, 0) is 0 Å². The summed E-state index contributed by atoms with van der Waals surface area (Å²) in [5, 5.41) is 14.9. The molecule has 1 aromatic heterocycles. The molecule has 0 spiro atoms. The van der Waals surface area contributed by atoms with E-state index in [4.69, 9.17) is 4.42 Å². The first-order chi connectivity index (χ1) is 10.1. The van der Waals surface area contributed by atoms with Crippen LogP contribution in [0.15, 0.2) is 41.0 Å². The van der Waals surface area contributed by atoms with Crippen LogP contribution >= 0.6 is 0 Å². The highest BCUT2D eigenvalue weighted by Gasteiger charge is 2.11. The lowest BCUT2D eigenvalue weighted by molar-refractivity contribution is 0.0909. The molecular formula is C15H16N2O4. The van der Waals surface area contributed by atoms with Crippen LogP contribution in [0.3, 0.4) is 0 Å². The molecule has 0 unspecified atom stereocenters. The quantitative estimate of drug-likeness (QED) is 0.726. The van der Waals surface area contributed by atoms with E-state index in [2.05, 4.69) is 10.6 Å². The van der Waals surface area contributed by atoms with Crippen molar-refractivity contribution in [2.24, 2.45) is 0 Å². The number of carbonyl (C=O) groups excluding carboxylic acids is 2. The molecule has 0 aliphatic rings. The zero-order valence-electron chi connectivity index (χ0n) is 11.6. The van der Waals surface area contributed by atoms with E-state index in [0.717, 1.165) is 5.56 Å². The Hall–Kier alpha value is -2.76. The van der Waals surface area contributed by atoms with Crippen LogP contribution in [0.1, 0.15) is 26.5 Å². The zero-order chi connectivity index (χ0) is 15.2. The summed E-state index contributed by atoms with van der Waals surface area (Å²) in [7, 11) is 0. The Morgan fingerprint density at radius 2 is 1.86 bits per heavy atom. The zero-order valence-corrected chi connectivity index (χ0v) is 11.6. The minimum atomic E-state index is -0.389. The number of furan rings is 1. The fourth-order valence-corrected chi connectivity index (χ4v) is 1.78. The smallest absolute Gasteiger partial charge is 0.287 e. The highest BCUT2D eigenvalue weighted by molar-refractivity contribution is 5.97. The van der Waals surface area contributed by atoms with E-state index in [9.17, 15) is 14.7 Å². The Balaban J connectivity index is 1.78. The summed E-state index contributed by atoms with van der Waals surface area (Å²) in [5.74, 6) is -0.572. The predicted molar refractivity (Wildman–Crippen MR) is 76.2 cm³/mol. The maximum Gasteiger partial charge on any atom is 0.287 e. The van der Waals surface area contributed by atoms with E-state index in [1.807, 2.05) is 6.92 Å². The molecular weight excluding hydrogens is 272 g/mol. The summed E-state index contributed by atoms with van der Waals surface area (Å²) in [6, 6.07) is 8.00. The van der Waals surface area contributed by atoms with Gasteiger partial charge in [-0.15, -0.1) is 0 Å². The van der Waals surface area contributed by atoms with Gasteiger partial charge < -0.3 is 20.2 Å². The Morgan fingerprint density at radius 1 is 1.14 bits per heavy atom. The average molecular weight is 288 g/mol. The normalized spacial score (nSPS) is 10.1. The van der Waals surface area contributed by atoms with Gasteiger partial charge in [-0.05, 0) is 36.8 Å². The second kappa shape index (κ2) is 6.60. The molecule has 2 aromatic rings. The third-order valence-electron chi connectivity index (χ3n) is 2.84. The van der Waals surface area contributed by atoms with Crippen molar-refractivity contribution in [1.82, 2.24) is 10.6 Å². The Kier molecular flexibility index (Phi) is 4.61. The lowest BCUT2D eigenvalue weighted by Gasteiger charge is -2.08. The van der Waals surface area contributed by atoms with Gasteiger partial charge >= 0.3 is 0 Å². The molecule has 6 nitrogen and oxygen atoms in total. The Labute approximate surface area is 121 Å². The fourth-order valence-electron chi connectivity index (χ4n) is 1.78. The second-order valence-corrected chi connectivity index (χ2v) is 4.51. The molecule has 0 bridgehead atoms. The molecule has 0 aliphatic heterocycles. The van der Waals surface area contributed by atoms with Gasteiger partial charge in [-0.3, -0.25) is 9.59 Å². The van der Waals surface area contributed by atoms with Crippen molar-refractivity contribution in [2.75, 3.05) is 13.1 Å². The monoisotopic (exact) mass is 288 g/mol. The van der Waals surface area contributed by atoms with Gasteiger partial charge in [0, 0.05) is 13.1 Å². The van der Waals surface area contributed by atoms with E-state index in [-0.39, 0.29) is 42.0 Å². The van der Waals surface area contributed by atoms with Gasteiger partial charge in [0.2, 0.25) is 0 Å². The van der Waals surface area contributed by atoms with Crippen molar-refractivity contribution < 1.29 is 19.1 Å². The molecule has 6 heteroatoms. The van der Waals surface area contributed by atoms with Crippen molar-refractivity contribution in [3.8, 4) is 5.75 Å². The number of aromatic hydroxyl groups is 1. The van der Waals surface area contributed by atoms with E-state index < -0.39 is 0 Å². The number of phenols is 1. The summed E-state index contributed by atoms with van der Waals surface area (Å²) in [5.41, 5.74) is 1.08. The van der Waals surface area contributed by atoms with Crippen molar-refractivity contribution in [3.05, 3.63) is 53.5 Å². The third-order valence-corrected chi connectivity index (χ3v) is 2.84. The average Bonchev–Trinajstić information content (AvgIpc) is 2.97.